The number of esters is 1. The fourth-order valence-electron chi connectivity index (χ4n) is 1.54. The fraction of sp³-hybridized carbons (Fsp3) is 0.385. The topological polar surface area (TPSA) is 69.4 Å². The van der Waals surface area contributed by atoms with Crippen LogP contribution < -0.4 is 5.73 Å². The lowest BCUT2D eigenvalue weighted by Crippen LogP contribution is -2.17. The van der Waals surface area contributed by atoms with Crippen LogP contribution in [0.15, 0.2) is 24.3 Å². The number of ketones is 1. The summed E-state index contributed by atoms with van der Waals surface area (Å²) in [4.78, 5) is 23.2. The van der Waals surface area contributed by atoms with E-state index in [4.69, 9.17) is 10.5 Å². The zero-order valence-electron chi connectivity index (χ0n) is 10.1. The molecule has 92 valence electrons. The van der Waals surface area contributed by atoms with Gasteiger partial charge in [0.15, 0.2) is 5.78 Å². The van der Waals surface area contributed by atoms with Crippen LogP contribution in [0.25, 0.3) is 0 Å². The first-order chi connectivity index (χ1) is 8.04. The Balaban J connectivity index is 2.67. The highest BCUT2D eigenvalue weighted by Crippen LogP contribution is 2.15. The number of rotatable bonds is 5. The number of hydrogen-bond acceptors (Lipinski definition) is 4. The molecule has 0 bridgehead atoms. The van der Waals surface area contributed by atoms with Crippen molar-refractivity contribution in [1.82, 2.24) is 0 Å². The Morgan fingerprint density at radius 1 is 1.41 bits per heavy atom. The molecule has 1 atom stereocenters. The molecule has 0 heterocycles. The highest BCUT2D eigenvalue weighted by molar-refractivity contribution is 5.99. The maximum absolute atomic E-state index is 12.0. The Bertz CT molecular complexity index is 415. The first-order valence-electron chi connectivity index (χ1n) is 5.60. The van der Waals surface area contributed by atoms with Gasteiger partial charge in [-0.25, -0.2) is 0 Å². The molecule has 0 aliphatic rings. The number of nitrogens with two attached hydrogens (primary N) is 1. The van der Waals surface area contributed by atoms with Gasteiger partial charge in [0.25, 0.3) is 0 Å². The summed E-state index contributed by atoms with van der Waals surface area (Å²) in [5.41, 5.74) is 6.67. The van der Waals surface area contributed by atoms with Gasteiger partial charge < -0.3 is 10.5 Å². The Labute approximate surface area is 101 Å². The average molecular weight is 235 g/mol. The maximum Gasteiger partial charge on any atom is 0.306 e. The van der Waals surface area contributed by atoms with Crippen molar-refractivity contribution in [2.45, 2.75) is 20.3 Å². The molecule has 4 heteroatoms. The first-order valence-corrected chi connectivity index (χ1v) is 5.60. The third kappa shape index (κ3) is 3.90. The highest BCUT2D eigenvalue weighted by atomic mass is 16.5. The normalized spacial score (nSPS) is 11.9. The summed E-state index contributed by atoms with van der Waals surface area (Å²) in [6.07, 6.45) is 0.0987. The van der Waals surface area contributed by atoms with Crippen LogP contribution in [0.3, 0.4) is 0 Å². The van der Waals surface area contributed by atoms with E-state index in [1.54, 1.807) is 38.1 Å². The van der Waals surface area contributed by atoms with Crippen LogP contribution in [0.2, 0.25) is 0 Å². The summed E-state index contributed by atoms with van der Waals surface area (Å²) in [7, 11) is 0. The maximum atomic E-state index is 12.0. The highest BCUT2D eigenvalue weighted by Gasteiger charge is 2.19. The second kappa shape index (κ2) is 6.03. The molecule has 0 amide bonds. The molecule has 0 unspecified atom stereocenters. The minimum atomic E-state index is -0.393. The Morgan fingerprint density at radius 3 is 2.71 bits per heavy atom. The quantitative estimate of drug-likeness (QED) is 0.481. The summed E-state index contributed by atoms with van der Waals surface area (Å²) in [6, 6.07) is 6.75. The van der Waals surface area contributed by atoms with Crippen LogP contribution in [0.1, 0.15) is 30.6 Å². The summed E-state index contributed by atoms with van der Waals surface area (Å²) in [5.74, 6) is -0.835. The second-order valence-corrected chi connectivity index (χ2v) is 3.90. The SMILES string of the molecule is CCOC(=O)C[C@H](C)C(=O)c1cccc(N)c1. The van der Waals surface area contributed by atoms with Gasteiger partial charge in [0.1, 0.15) is 0 Å². The van der Waals surface area contributed by atoms with E-state index in [9.17, 15) is 9.59 Å². The molecule has 17 heavy (non-hydrogen) atoms. The lowest BCUT2D eigenvalue weighted by Gasteiger charge is -2.10. The fourth-order valence-corrected chi connectivity index (χ4v) is 1.54. The predicted octanol–water partition coefficient (Wildman–Crippen LogP) is 2.04. The predicted molar refractivity (Wildman–Crippen MR) is 65.6 cm³/mol. The zero-order chi connectivity index (χ0) is 12.8. The molecule has 1 rings (SSSR count). The van der Waals surface area contributed by atoms with Gasteiger partial charge in [-0.15, -0.1) is 0 Å². The summed E-state index contributed by atoms with van der Waals surface area (Å²) in [6.45, 7) is 3.78. The van der Waals surface area contributed by atoms with Gasteiger partial charge in [0.2, 0.25) is 0 Å². The minimum Gasteiger partial charge on any atom is -0.466 e. The van der Waals surface area contributed by atoms with E-state index in [1.807, 2.05) is 0 Å². The van der Waals surface area contributed by atoms with E-state index >= 15 is 0 Å². The van der Waals surface area contributed by atoms with E-state index in [2.05, 4.69) is 0 Å². The van der Waals surface area contributed by atoms with Crippen molar-refractivity contribution in [1.29, 1.82) is 0 Å². The van der Waals surface area contributed by atoms with Gasteiger partial charge in [0.05, 0.1) is 13.0 Å². The molecule has 0 aromatic heterocycles. The zero-order valence-corrected chi connectivity index (χ0v) is 10.1. The minimum absolute atomic E-state index is 0.0923. The molecule has 2 N–H and O–H groups in total. The van der Waals surface area contributed by atoms with Crippen LogP contribution in [0, 0.1) is 5.92 Å². The van der Waals surface area contributed by atoms with Gasteiger partial charge in [-0.3, -0.25) is 9.59 Å². The number of carbonyl (C=O) groups is 2. The molecule has 0 saturated heterocycles. The van der Waals surface area contributed by atoms with Crippen LogP contribution in [0.4, 0.5) is 5.69 Å². The number of nitrogen functional groups attached to an aromatic ring is 1. The van der Waals surface area contributed by atoms with E-state index < -0.39 is 5.92 Å². The van der Waals surface area contributed by atoms with Crippen molar-refractivity contribution in [2.24, 2.45) is 5.92 Å². The van der Waals surface area contributed by atoms with E-state index in [0.717, 1.165) is 0 Å². The van der Waals surface area contributed by atoms with Crippen molar-refractivity contribution in [3.63, 3.8) is 0 Å². The van der Waals surface area contributed by atoms with Crippen molar-refractivity contribution >= 4 is 17.4 Å². The van der Waals surface area contributed by atoms with Crippen LogP contribution >= 0.6 is 0 Å². The van der Waals surface area contributed by atoms with Crippen molar-refractivity contribution in [3.05, 3.63) is 29.8 Å². The van der Waals surface area contributed by atoms with Crippen LogP contribution in [-0.2, 0) is 9.53 Å². The molecule has 1 aromatic rings. The second-order valence-electron chi connectivity index (χ2n) is 3.90. The van der Waals surface area contributed by atoms with Gasteiger partial charge >= 0.3 is 5.97 Å². The van der Waals surface area contributed by atoms with Crippen molar-refractivity contribution in [3.8, 4) is 0 Å². The number of ether oxygens (including phenoxy) is 1. The summed E-state index contributed by atoms with van der Waals surface area (Å²) < 4.78 is 4.81. The van der Waals surface area contributed by atoms with Crippen LogP contribution in [-0.4, -0.2) is 18.4 Å². The van der Waals surface area contributed by atoms with E-state index in [0.29, 0.717) is 17.9 Å². The molecule has 0 aliphatic carbocycles. The molecule has 4 nitrogen and oxygen atoms in total. The third-order valence-electron chi connectivity index (χ3n) is 2.40. The molecule has 1 aromatic carbocycles. The van der Waals surface area contributed by atoms with Crippen molar-refractivity contribution < 1.29 is 14.3 Å². The molecule has 0 aliphatic heterocycles. The van der Waals surface area contributed by atoms with Crippen molar-refractivity contribution in [2.75, 3.05) is 12.3 Å². The Morgan fingerprint density at radius 2 is 2.12 bits per heavy atom. The number of carbonyl (C=O) groups excluding carboxylic acids is 2. The Hall–Kier alpha value is -1.84. The molecule has 0 radical (unpaired) electrons. The van der Waals surface area contributed by atoms with E-state index in [1.165, 1.54) is 0 Å². The summed E-state index contributed by atoms with van der Waals surface area (Å²) in [5, 5.41) is 0. The lowest BCUT2D eigenvalue weighted by molar-refractivity contribution is -0.143. The van der Waals surface area contributed by atoms with Gasteiger partial charge in [-0.1, -0.05) is 19.1 Å². The lowest BCUT2D eigenvalue weighted by atomic mass is 9.96. The molecule has 0 saturated carbocycles. The number of anilines is 1. The van der Waals surface area contributed by atoms with Gasteiger partial charge in [-0.2, -0.15) is 0 Å². The monoisotopic (exact) mass is 235 g/mol. The standard InChI is InChI=1S/C13H17NO3/c1-3-17-12(15)7-9(2)13(16)10-5-4-6-11(14)8-10/h4-6,8-9H,3,7,14H2,1-2H3/t9-/m0/s1. The van der Waals surface area contributed by atoms with Crippen LogP contribution in [0.5, 0.6) is 0 Å². The molecular formula is C13H17NO3. The van der Waals surface area contributed by atoms with Gasteiger partial charge in [-0.05, 0) is 19.1 Å². The average Bonchev–Trinajstić information content (AvgIpc) is 2.28. The first kappa shape index (κ1) is 13.2. The molecule has 0 spiro atoms. The third-order valence-corrected chi connectivity index (χ3v) is 2.40. The molecule has 0 fully saturated rings. The largest absolute Gasteiger partial charge is 0.466 e. The smallest absolute Gasteiger partial charge is 0.306 e. The Kier molecular flexibility index (Phi) is 4.69. The number of Topliss-reactive ketones (excluding diaryl/α,β-unsaturated/α-hetero) is 1. The van der Waals surface area contributed by atoms with E-state index in [-0.39, 0.29) is 18.2 Å². The number of benzene rings is 1. The van der Waals surface area contributed by atoms with Gasteiger partial charge in [0, 0.05) is 17.2 Å². The summed E-state index contributed by atoms with van der Waals surface area (Å²) >= 11 is 0. The molecular weight excluding hydrogens is 218 g/mol. The number of hydrogen-bond donors (Lipinski definition) is 1.